The van der Waals surface area contributed by atoms with Crippen LogP contribution in [0.4, 0.5) is 0 Å². The van der Waals surface area contributed by atoms with Crippen LogP contribution < -0.4 is 4.74 Å². The molecule has 82 valence electrons. The van der Waals surface area contributed by atoms with Crippen molar-refractivity contribution in [2.24, 2.45) is 0 Å². The highest BCUT2D eigenvalue weighted by molar-refractivity contribution is 9.09. The van der Waals surface area contributed by atoms with Crippen molar-refractivity contribution >= 4 is 34.3 Å². The van der Waals surface area contributed by atoms with Gasteiger partial charge in [-0.3, -0.25) is 4.79 Å². The van der Waals surface area contributed by atoms with E-state index in [2.05, 4.69) is 28.6 Å². The lowest BCUT2D eigenvalue weighted by Crippen LogP contribution is -2.06. The topological polar surface area (TPSA) is 26.3 Å². The molecule has 0 heterocycles. The maximum absolute atomic E-state index is 11.4. The Morgan fingerprint density at radius 1 is 1.53 bits per heavy atom. The summed E-state index contributed by atoms with van der Waals surface area (Å²) < 4.78 is 5.45. The SMILES string of the molecule is CCOc1cccc(S)c1CC(=O)CBr. The molecule has 0 aromatic heterocycles. The third-order valence-corrected chi connectivity index (χ3v) is 2.98. The molecule has 0 spiro atoms. The molecule has 1 aromatic carbocycles. The molecule has 0 radical (unpaired) electrons. The molecule has 0 bridgehead atoms. The molecule has 0 N–H and O–H groups in total. The summed E-state index contributed by atoms with van der Waals surface area (Å²) in [4.78, 5) is 12.2. The van der Waals surface area contributed by atoms with Gasteiger partial charge in [-0.25, -0.2) is 0 Å². The highest BCUT2D eigenvalue weighted by Gasteiger charge is 2.10. The Morgan fingerprint density at radius 3 is 2.87 bits per heavy atom. The normalized spacial score (nSPS) is 10.1. The van der Waals surface area contributed by atoms with E-state index in [1.54, 1.807) is 0 Å². The Balaban J connectivity index is 2.96. The number of ketones is 1. The van der Waals surface area contributed by atoms with Gasteiger partial charge in [-0.05, 0) is 19.1 Å². The van der Waals surface area contributed by atoms with Gasteiger partial charge in [0.05, 0.1) is 11.9 Å². The average molecular weight is 289 g/mol. The van der Waals surface area contributed by atoms with Crippen LogP contribution >= 0.6 is 28.6 Å². The van der Waals surface area contributed by atoms with Gasteiger partial charge in [-0.2, -0.15) is 0 Å². The van der Waals surface area contributed by atoms with Crippen molar-refractivity contribution < 1.29 is 9.53 Å². The van der Waals surface area contributed by atoms with E-state index in [1.165, 1.54) is 0 Å². The molecule has 0 aliphatic rings. The lowest BCUT2D eigenvalue weighted by molar-refractivity contribution is -0.115. The van der Waals surface area contributed by atoms with Crippen LogP contribution in [0.15, 0.2) is 23.1 Å². The first-order valence-electron chi connectivity index (χ1n) is 4.70. The molecule has 0 aliphatic carbocycles. The number of ether oxygens (including phenoxy) is 1. The van der Waals surface area contributed by atoms with E-state index in [0.717, 1.165) is 16.2 Å². The zero-order valence-corrected chi connectivity index (χ0v) is 11.0. The van der Waals surface area contributed by atoms with Crippen LogP contribution in [0.5, 0.6) is 5.75 Å². The third kappa shape index (κ3) is 3.54. The zero-order chi connectivity index (χ0) is 11.3. The Labute approximate surface area is 104 Å². The van der Waals surface area contributed by atoms with E-state index in [4.69, 9.17) is 4.74 Å². The quantitative estimate of drug-likeness (QED) is 0.666. The predicted molar refractivity (Wildman–Crippen MR) is 67.4 cm³/mol. The minimum Gasteiger partial charge on any atom is -0.494 e. The fourth-order valence-electron chi connectivity index (χ4n) is 1.27. The van der Waals surface area contributed by atoms with E-state index in [9.17, 15) is 4.79 Å². The summed E-state index contributed by atoms with van der Waals surface area (Å²) in [5, 5.41) is 0.362. The summed E-state index contributed by atoms with van der Waals surface area (Å²) >= 11 is 7.47. The van der Waals surface area contributed by atoms with Gasteiger partial charge in [0.25, 0.3) is 0 Å². The van der Waals surface area contributed by atoms with Crippen molar-refractivity contribution in [1.29, 1.82) is 0 Å². The number of carbonyl (C=O) groups is 1. The first-order chi connectivity index (χ1) is 7.19. The Hall–Kier alpha value is -0.480. The highest BCUT2D eigenvalue weighted by Crippen LogP contribution is 2.26. The average Bonchev–Trinajstić information content (AvgIpc) is 2.23. The summed E-state index contributed by atoms with van der Waals surface area (Å²) in [5.41, 5.74) is 0.868. The Bertz CT molecular complexity index is 352. The molecule has 2 nitrogen and oxygen atoms in total. The second-order valence-corrected chi connectivity index (χ2v) is 4.08. The molecule has 0 saturated heterocycles. The summed E-state index contributed by atoms with van der Waals surface area (Å²) in [6.45, 7) is 2.51. The van der Waals surface area contributed by atoms with Crippen molar-refractivity contribution in [3.05, 3.63) is 23.8 Å². The number of hydrogen-bond donors (Lipinski definition) is 1. The van der Waals surface area contributed by atoms with Crippen LogP contribution in [-0.4, -0.2) is 17.7 Å². The van der Waals surface area contributed by atoms with Crippen molar-refractivity contribution in [2.45, 2.75) is 18.2 Å². The fourth-order valence-corrected chi connectivity index (χ4v) is 1.74. The van der Waals surface area contributed by atoms with Crippen LogP contribution in [0.3, 0.4) is 0 Å². The van der Waals surface area contributed by atoms with E-state index in [0.29, 0.717) is 18.4 Å². The van der Waals surface area contributed by atoms with Crippen molar-refractivity contribution in [2.75, 3.05) is 11.9 Å². The summed E-state index contributed by atoms with van der Waals surface area (Å²) in [6.07, 6.45) is 0.361. The molecular weight excluding hydrogens is 276 g/mol. The summed E-state index contributed by atoms with van der Waals surface area (Å²) in [7, 11) is 0. The predicted octanol–water partition coefficient (Wildman–Crippen LogP) is 2.88. The molecule has 0 atom stereocenters. The van der Waals surface area contributed by atoms with E-state index in [-0.39, 0.29) is 5.78 Å². The number of halogens is 1. The largest absolute Gasteiger partial charge is 0.494 e. The summed E-state index contributed by atoms with van der Waals surface area (Å²) in [5.74, 6) is 0.872. The maximum atomic E-state index is 11.4. The number of benzene rings is 1. The van der Waals surface area contributed by atoms with Gasteiger partial charge in [-0.1, -0.05) is 22.0 Å². The molecule has 1 rings (SSSR count). The molecule has 0 aliphatic heterocycles. The lowest BCUT2D eigenvalue weighted by Gasteiger charge is -2.11. The fraction of sp³-hybridized carbons (Fsp3) is 0.364. The van der Waals surface area contributed by atoms with Crippen LogP contribution in [0.25, 0.3) is 0 Å². The smallest absolute Gasteiger partial charge is 0.147 e. The first-order valence-corrected chi connectivity index (χ1v) is 6.27. The van der Waals surface area contributed by atoms with Gasteiger partial charge in [0, 0.05) is 16.9 Å². The van der Waals surface area contributed by atoms with Gasteiger partial charge < -0.3 is 4.74 Å². The lowest BCUT2D eigenvalue weighted by atomic mass is 10.1. The van der Waals surface area contributed by atoms with Crippen molar-refractivity contribution in [3.63, 3.8) is 0 Å². The minimum atomic E-state index is 0.123. The third-order valence-electron chi connectivity index (χ3n) is 1.93. The number of carbonyl (C=O) groups excluding carboxylic acids is 1. The van der Waals surface area contributed by atoms with E-state index in [1.807, 2.05) is 25.1 Å². The molecule has 1 aromatic rings. The molecular formula is C11H13BrO2S. The first kappa shape index (κ1) is 12.6. The highest BCUT2D eigenvalue weighted by atomic mass is 79.9. The van der Waals surface area contributed by atoms with Gasteiger partial charge in [0.2, 0.25) is 0 Å². The molecule has 0 unspecified atom stereocenters. The van der Waals surface area contributed by atoms with Gasteiger partial charge in [0.1, 0.15) is 11.5 Å². The summed E-state index contributed by atoms with van der Waals surface area (Å²) in [6, 6.07) is 5.60. The van der Waals surface area contributed by atoms with Gasteiger partial charge in [0.15, 0.2) is 0 Å². The van der Waals surface area contributed by atoms with E-state index >= 15 is 0 Å². The molecule has 0 fully saturated rings. The standard InChI is InChI=1S/C11H13BrO2S/c1-2-14-10-4-3-5-11(15)9(10)6-8(13)7-12/h3-5,15H,2,6-7H2,1H3. The minimum absolute atomic E-state index is 0.123. The number of rotatable bonds is 5. The molecule has 0 amide bonds. The second kappa shape index (κ2) is 6.18. The number of Topliss-reactive ketones (excluding diaryl/α,β-unsaturated/α-hetero) is 1. The van der Waals surface area contributed by atoms with Gasteiger partial charge in [-0.15, -0.1) is 12.6 Å². The van der Waals surface area contributed by atoms with Crippen molar-refractivity contribution in [3.8, 4) is 5.75 Å². The van der Waals surface area contributed by atoms with Crippen LogP contribution in [0.2, 0.25) is 0 Å². The van der Waals surface area contributed by atoms with E-state index < -0.39 is 0 Å². The number of thiol groups is 1. The van der Waals surface area contributed by atoms with Crippen LogP contribution in [0.1, 0.15) is 12.5 Å². The molecule has 0 saturated carbocycles. The van der Waals surface area contributed by atoms with Crippen LogP contribution in [0, 0.1) is 0 Å². The van der Waals surface area contributed by atoms with Crippen molar-refractivity contribution in [1.82, 2.24) is 0 Å². The number of hydrogen-bond acceptors (Lipinski definition) is 3. The monoisotopic (exact) mass is 288 g/mol. The van der Waals surface area contributed by atoms with Gasteiger partial charge >= 0.3 is 0 Å². The Kier molecular flexibility index (Phi) is 5.19. The number of alkyl halides is 1. The second-order valence-electron chi connectivity index (χ2n) is 3.04. The Morgan fingerprint density at radius 2 is 2.27 bits per heavy atom. The van der Waals surface area contributed by atoms with Crippen LogP contribution in [-0.2, 0) is 11.2 Å². The molecule has 15 heavy (non-hydrogen) atoms. The maximum Gasteiger partial charge on any atom is 0.147 e. The zero-order valence-electron chi connectivity index (χ0n) is 8.50. The molecule has 4 heteroatoms.